The van der Waals surface area contributed by atoms with Gasteiger partial charge in [0.25, 0.3) is 5.69 Å². The van der Waals surface area contributed by atoms with Crippen LogP contribution in [0.15, 0.2) is 18.2 Å². The lowest BCUT2D eigenvalue weighted by molar-refractivity contribution is -0.384. The third kappa shape index (κ3) is 3.33. The van der Waals surface area contributed by atoms with E-state index in [9.17, 15) is 10.1 Å². The number of anilines is 1. The van der Waals surface area contributed by atoms with E-state index in [0.717, 1.165) is 9.99 Å². The number of benzene rings is 1. The van der Waals surface area contributed by atoms with Crippen LogP contribution in [0.1, 0.15) is 27.2 Å². The fourth-order valence-electron chi connectivity index (χ4n) is 1.21. The molecule has 16 heavy (non-hydrogen) atoms. The van der Waals surface area contributed by atoms with Gasteiger partial charge in [-0.1, -0.05) is 6.92 Å². The predicted octanol–water partition coefficient (Wildman–Crippen LogP) is 3.80. The molecule has 0 amide bonds. The summed E-state index contributed by atoms with van der Waals surface area (Å²) in [6, 6.07) is 5.20. The number of nitro benzene ring substituents is 1. The van der Waals surface area contributed by atoms with E-state index < -0.39 is 0 Å². The second kappa shape index (κ2) is 4.99. The molecule has 0 atom stereocenters. The van der Waals surface area contributed by atoms with Crippen molar-refractivity contribution in [3.05, 3.63) is 31.9 Å². The summed E-state index contributed by atoms with van der Waals surface area (Å²) in [6.45, 7) is 6.09. The summed E-state index contributed by atoms with van der Waals surface area (Å²) in [4.78, 5) is 10.6. The third-order valence-corrected chi connectivity index (χ3v) is 3.18. The first kappa shape index (κ1) is 13.2. The standard InChI is InChI=1S/C11H15IN2O2/c1-4-11(2,3)13-9-6-5-8(12)7-10(9)14(15)16/h5-7,13H,4H2,1-3H3. The molecule has 0 aliphatic carbocycles. The van der Waals surface area contributed by atoms with Gasteiger partial charge in [-0.05, 0) is 55.0 Å². The molecule has 1 rings (SSSR count). The topological polar surface area (TPSA) is 55.2 Å². The normalized spacial score (nSPS) is 11.2. The van der Waals surface area contributed by atoms with Crippen LogP contribution < -0.4 is 5.32 Å². The van der Waals surface area contributed by atoms with Gasteiger partial charge in [-0.2, -0.15) is 0 Å². The number of nitrogens with zero attached hydrogens (tertiary/aromatic N) is 1. The van der Waals surface area contributed by atoms with E-state index in [1.165, 1.54) is 0 Å². The van der Waals surface area contributed by atoms with Gasteiger partial charge in [-0.3, -0.25) is 10.1 Å². The van der Waals surface area contributed by atoms with Gasteiger partial charge in [0.2, 0.25) is 0 Å². The second-order valence-corrected chi connectivity index (χ2v) is 5.53. The van der Waals surface area contributed by atoms with Crippen LogP contribution in [-0.2, 0) is 0 Å². The molecule has 0 radical (unpaired) electrons. The molecule has 0 aliphatic heterocycles. The molecule has 88 valence electrons. The highest BCUT2D eigenvalue weighted by atomic mass is 127. The van der Waals surface area contributed by atoms with Crippen LogP contribution >= 0.6 is 22.6 Å². The van der Waals surface area contributed by atoms with Crippen LogP contribution in [0.3, 0.4) is 0 Å². The summed E-state index contributed by atoms with van der Waals surface area (Å²) < 4.78 is 0.865. The van der Waals surface area contributed by atoms with Crippen LogP contribution in [0.25, 0.3) is 0 Å². The molecule has 1 aromatic rings. The molecule has 4 nitrogen and oxygen atoms in total. The minimum atomic E-state index is -0.351. The summed E-state index contributed by atoms with van der Waals surface area (Å²) >= 11 is 2.07. The van der Waals surface area contributed by atoms with Crippen LogP contribution in [0, 0.1) is 13.7 Å². The van der Waals surface area contributed by atoms with Crippen molar-refractivity contribution in [1.29, 1.82) is 0 Å². The van der Waals surface area contributed by atoms with E-state index in [4.69, 9.17) is 0 Å². The molecule has 0 bridgehead atoms. The van der Waals surface area contributed by atoms with Gasteiger partial charge < -0.3 is 5.32 Å². The van der Waals surface area contributed by atoms with Crippen LogP contribution in [-0.4, -0.2) is 10.5 Å². The van der Waals surface area contributed by atoms with Crippen molar-refractivity contribution in [3.8, 4) is 0 Å². The van der Waals surface area contributed by atoms with Crippen LogP contribution in [0.2, 0.25) is 0 Å². The van der Waals surface area contributed by atoms with E-state index in [0.29, 0.717) is 5.69 Å². The number of rotatable bonds is 4. The Labute approximate surface area is 109 Å². The Morgan fingerprint density at radius 1 is 1.50 bits per heavy atom. The van der Waals surface area contributed by atoms with Gasteiger partial charge in [-0.25, -0.2) is 0 Å². The lowest BCUT2D eigenvalue weighted by atomic mass is 10.0. The van der Waals surface area contributed by atoms with E-state index in [1.807, 2.05) is 26.8 Å². The largest absolute Gasteiger partial charge is 0.375 e. The molecular formula is C11H15IN2O2. The van der Waals surface area contributed by atoms with Crippen molar-refractivity contribution >= 4 is 34.0 Å². The minimum absolute atomic E-state index is 0.133. The molecule has 5 heteroatoms. The van der Waals surface area contributed by atoms with Crippen molar-refractivity contribution in [2.24, 2.45) is 0 Å². The van der Waals surface area contributed by atoms with Gasteiger partial charge in [0.1, 0.15) is 5.69 Å². The molecule has 0 fully saturated rings. The number of hydrogen-bond acceptors (Lipinski definition) is 3. The smallest absolute Gasteiger partial charge is 0.293 e. The molecule has 0 saturated heterocycles. The average molecular weight is 334 g/mol. The third-order valence-electron chi connectivity index (χ3n) is 2.51. The summed E-state index contributed by atoms with van der Waals surface area (Å²) in [5.41, 5.74) is 0.572. The van der Waals surface area contributed by atoms with Gasteiger partial charge in [0, 0.05) is 15.2 Å². The predicted molar refractivity (Wildman–Crippen MR) is 73.8 cm³/mol. The Kier molecular flexibility index (Phi) is 4.12. The van der Waals surface area contributed by atoms with Gasteiger partial charge in [0.05, 0.1) is 4.92 Å². The zero-order chi connectivity index (χ0) is 12.3. The zero-order valence-corrected chi connectivity index (χ0v) is 11.7. The fourth-order valence-corrected chi connectivity index (χ4v) is 1.69. The van der Waals surface area contributed by atoms with E-state index in [-0.39, 0.29) is 16.1 Å². The van der Waals surface area contributed by atoms with Crippen molar-refractivity contribution < 1.29 is 4.92 Å². The molecule has 1 N–H and O–H groups in total. The highest BCUT2D eigenvalue weighted by Crippen LogP contribution is 2.29. The maximum atomic E-state index is 10.9. The summed E-state index contributed by atoms with van der Waals surface area (Å²) in [6.07, 6.45) is 0.899. The number of nitro groups is 1. The first-order chi connectivity index (χ1) is 7.35. The summed E-state index contributed by atoms with van der Waals surface area (Å²) in [5.74, 6) is 0. The van der Waals surface area contributed by atoms with Gasteiger partial charge in [0.15, 0.2) is 0 Å². The lowest BCUT2D eigenvalue weighted by Gasteiger charge is -2.25. The SMILES string of the molecule is CCC(C)(C)Nc1ccc(I)cc1[N+](=O)[O-]. The number of hydrogen-bond donors (Lipinski definition) is 1. The van der Waals surface area contributed by atoms with Crippen molar-refractivity contribution in [2.75, 3.05) is 5.32 Å². The van der Waals surface area contributed by atoms with Crippen molar-refractivity contribution in [2.45, 2.75) is 32.7 Å². The molecule has 0 aliphatic rings. The minimum Gasteiger partial charge on any atom is -0.375 e. The van der Waals surface area contributed by atoms with Gasteiger partial charge >= 0.3 is 0 Å². The van der Waals surface area contributed by atoms with E-state index in [2.05, 4.69) is 27.9 Å². The highest BCUT2D eigenvalue weighted by Gasteiger charge is 2.20. The molecule has 0 aromatic heterocycles. The Morgan fingerprint density at radius 2 is 2.12 bits per heavy atom. The first-order valence-corrected chi connectivity index (χ1v) is 6.16. The van der Waals surface area contributed by atoms with E-state index in [1.54, 1.807) is 12.1 Å². The molecule has 0 saturated carbocycles. The highest BCUT2D eigenvalue weighted by molar-refractivity contribution is 14.1. The first-order valence-electron chi connectivity index (χ1n) is 5.08. The van der Waals surface area contributed by atoms with Crippen LogP contribution in [0.5, 0.6) is 0 Å². The van der Waals surface area contributed by atoms with Crippen molar-refractivity contribution in [1.82, 2.24) is 0 Å². The molecule has 0 spiro atoms. The van der Waals surface area contributed by atoms with Crippen LogP contribution in [0.4, 0.5) is 11.4 Å². The maximum Gasteiger partial charge on any atom is 0.293 e. The second-order valence-electron chi connectivity index (χ2n) is 4.28. The Morgan fingerprint density at radius 3 is 2.62 bits per heavy atom. The molecule has 0 unspecified atom stereocenters. The number of nitrogens with one attached hydrogen (secondary N) is 1. The quantitative estimate of drug-likeness (QED) is 0.518. The Bertz CT molecular complexity index is 405. The average Bonchev–Trinajstić information content (AvgIpc) is 2.20. The lowest BCUT2D eigenvalue weighted by Crippen LogP contribution is -2.29. The van der Waals surface area contributed by atoms with Gasteiger partial charge in [-0.15, -0.1) is 0 Å². The summed E-state index contributed by atoms with van der Waals surface area (Å²) in [7, 11) is 0. The maximum absolute atomic E-state index is 10.9. The Balaban J connectivity index is 3.09. The zero-order valence-electron chi connectivity index (χ0n) is 9.58. The molecule has 0 heterocycles. The Hall–Kier alpha value is -0.850. The number of halogens is 1. The van der Waals surface area contributed by atoms with Crippen molar-refractivity contribution in [3.63, 3.8) is 0 Å². The van der Waals surface area contributed by atoms with E-state index >= 15 is 0 Å². The monoisotopic (exact) mass is 334 g/mol. The summed E-state index contributed by atoms with van der Waals surface area (Å²) in [5, 5.41) is 14.1. The molecular weight excluding hydrogens is 319 g/mol. The molecule has 1 aromatic carbocycles. The fraction of sp³-hybridized carbons (Fsp3) is 0.455.